The van der Waals surface area contributed by atoms with E-state index in [4.69, 9.17) is 0 Å². The Morgan fingerprint density at radius 1 is 1.29 bits per heavy atom. The Labute approximate surface area is 128 Å². The molecule has 0 amide bonds. The molecule has 2 aromatic rings. The normalized spacial score (nSPS) is 10.2. The van der Waals surface area contributed by atoms with E-state index in [1.807, 2.05) is 19.1 Å². The van der Waals surface area contributed by atoms with Gasteiger partial charge in [-0.1, -0.05) is 15.9 Å². The maximum absolute atomic E-state index is 11.2. The highest BCUT2D eigenvalue weighted by Gasteiger charge is 2.16. The highest BCUT2D eigenvalue weighted by atomic mass is 79.9. The molecule has 0 unspecified atom stereocenters. The summed E-state index contributed by atoms with van der Waals surface area (Å²) in [5.41, 5.74) is 1.57. The Bertz CT molecular complexity index is 711. The monoisotopic (exact) mass is 350 g/mol. The van der Waals surface area contributed by atoms with Crippen LogP contribution in [0.15, 0.2) is 40.9 Å². The zero-order valence-electron chi connectivity index (χ0n) is 11.0. The van der Waals surface area contributed by atoms with Crippen LogP contribution in [0.3, 0.4) is 0 Å². The molecule has 0 spiro atoms. The number of benzene rings is 2. The van der Waals surface area contributed by atoms with Gasteiger partial charge in [0, 0.05) is 22.3 Å². The minimum atomic E-state index is -1.23. The Kier molecular flexibility index (Phi) is 4.23. The summed E-state index contributed by atoms with van der Waals surface area (Å²) in [4.78, 5) is 21.3. The molecule has 0 aromatic heterocycles. The van der Waals surface area contributed by atoms with E-state index in [1.54, 1.807) is 6.07 Å². The molecular formula is C14H11BrN2O4. The van der Waals surface area contributed by atoms with E-state index in [0.29, 0.717) is 11.4 Å². The fourth-order valence-electron chi connectivity index (χ4n) is 1.90. The number of nitrogens with one attached hydrogen (secondary N) is 1. The van der Waals surface area contributed by atoms with Crippen molar-refractivity contribution in [3.8, 4) is 0 Å². The molecule has 2 aromatic carbocycles. The van der Waals surface area contributed by atoms with Gasteiger partial charge in [-0.05, 0) is 36.8 Å². The molecule has 0 atom stereocenters. The number of nitro benzene ring substituents is 1. The van der Waals surface area contributed by atoms with Crippen LogP contribution < -0.4 is 5.32 Å². The van der Waals surface area contributed by atoms with Gasteiger partial charge in [0.05, 0.1) is 16.2 Å². The van der Waals surface area contributed by atoms with Gasteiger partial charge in [-0.15, -0.1) is 0 Å². The van der Waals surface area contributed by atoms with E-state index in [9.17, 15) is 20.0 Å². The summed E-state index contributed by atoms with van der Waals surface area (Å²) < 4.78 is 0.851. The van der Waals surface area contributed by atoms with Crippen molar-refractivity contribution in [2.45, 2.75) is 6.92 Å². The van der Waals surface area contributed by atoms with Crippen molar-refractivity contribution >= 4 is 39.0 Å². The van der Waals surface area contributed by atoms with Crippen LogP contribution in [0, 0.1) is 17.0 Å². The standard InChI is InChI=1S/C14H11BrN2O4/c1-8-4-9(15)6-10(5-8)16-13-3-2-11(17(20)21)7-12(13)14(18)19/h2-7,16H,1H3,(H,18,19). The molecule has 0 fully saturated rings. The van der Waals surface area contributed by atoms with E-state index in [1.165, 1.54) is 12.1 Å². The number of rotatable bonds is 4. The fourth-order valence-corrected chi connectivity index (χ4v) is 2.50. The van der Waals surface area contributed by atoms with Crippen molar-refractivity contribution in [1.82, 2.24) is 0 Å². The molecule has 21 heavy (non-hydrogen) atoms. The lowest BCUT2D eigenvalue weighted by Crippen LogP contribution is -2.04. The van der Waals surface area contributed by atoms with Gasteiger partial charge >= 0.3 is 5.97 Å². The summed E-state index contributed by atoms with van der Waals surface area (Å²) in [5, 5.41) is 22.9. The molecule has 0 aliphatic carbocycles. The SMILES string of the molecule is Cc1cc(Br)cc(Nc2ccc([N+](=O)[O-])cc2C(=O)O)c1. The zero-order chi connectivity index (χ0) is 15.6. The first-order chi connectivity index (χ1) is 9.86. The Morgan fingerprint density at radius 2 is 2.00 bits per heavy atom. The zero-order valence-corrected chi connectivity index (χ0v) is 12.5. The largest absolute Gasteiger partial charge is 0.478 e. The average molecular weight is 351 g/mol. The lowest BCUT2D eigenvalue weighted by molar-refractivity contribution is -0.384. The number of carboxylic acid groups (broad SMARTS) is 1. The number of halogens is 1. The van der Waals surface area contributed by atoms with E-state index in [-0.39, 0.29) is 11.3 Å². The summed E-state index contributed by atoms with van der Waals surface area (Å²) in [5.74, 6) is -1.23. The highest BCUT2D eigenvalue weighted by Crippen LogP contribution is 2.27. The second-order valence-corrected chi connectivity index (χ2v) is 5.35. The predicted molar refractivity (Wildman–Crippen MR) is 82.2 cm³/mol. The molecule has 7 heteroatoms. The minimum absolute atomic E-state index is 0.151. The van der Waals surface area contributed by atoms with Crippen LogP contribution in [-0.4, -0.2) is 16.0 Å². The molecule has 2 N–H and O–H groups in total. The van der Waals surface area contributed by atoms with Crippen LogP contribution in [0.2, 0.25) is 0 Å². The average Bonchev–Trinajstić information content (AvgIpc) is 2.37. The van der Waals surface area contributed by atoms with Crippen LogP contribution in [0.4, 0.5) is 17.1 Å². The van der Waals surface area contributed by atoms with Crippen molar-refractivity contribution in [1.29, 1.82) is 0 Å². The van der Waals surface area contributed by atoms with Crippen molar-refractivity contribution in [2.75, 3.05) is 5.32 Å². The van der Waals surface area contributed by atoms with Gasteiger partial charge in [0.2, 0.25) is 0 Å². The highest BCUT2D eigenvalue weighted by molar-refractivity contribution is 9.10. The van der Waals surface area contributed by atoms with E-state index < -0.39 is 10.9 Å². The number of carbonyl (C=O) groups is 1. The van der Waals surface area contributed by atoms with Gasteiger partial charge in [0.1, 0.15) is 0 Å². The third-order valence-corrected chi connectivity index (χ3v) is 3.22. The number of aryl methyl sites for hydroxylation is 1. The van der Waals surface area contributed by atoms with Crippen LogP contribution >= 0.6 is 15.9 Å². The molecule has 2 rings (SSSR count). The number of hydrogen-bond acceptors (Lipinski definition) is 4. The number of non-ortho nitro benzene ring substituents is 1. The maximum Gasteiger partial charge on any atom is 0.338 e. The van der Waals surface area contributed by atoms with Crippen LogP contribution in [0.25, 0.3) is 0 Å². The number of nitro groups is 1. The lowest BCUT2D eigenvalue weighted by atomic mass is 10.1. The van der Waals surface area contributed by atoms with Crippen molar-refractivity contribution in [3.05, 3.63) is 62.1 Å². The third-order valence-electron chi connectivity index (χ3n) is 2.77. The fraction of sp³-hybridized carbons (Fsp3) is 0.0714. The summed E-state index contributed by atoms with van der Waals surface area (Å²) in [6, 6.07) is 9.24. The molecule has 0 radical (unpaired) electrons. The van der Waals surface area contributed by atoms with Crippen molar-refractivity contribution < 1.29 is 14.8 Å². The first-order valence-electron chi connectivity index (χ1n) is 5.93. The maximum atomic E-state index is 11.2. The molecule has 0 heterocycles. The van der Waals surface area contributed by atoms with Gasteiger partial charge in [-0.25, -0.2) is 4.79 Å². The number of nitrogens with zero attached hydrogens (tertiary/aromatic N) is 1. The molecular weight excluding hydrogens is 340 g/mol. The Balaban J connectivity index is 2.43. The van der Waals surface area contributed by atoms with Crippen LogP contribution in [-0.2, 0) is 0 Å². The second kappa shape index (κ2) is 5.92. The van der Waals surface area contributed by atoms with E-state index in [0.717, 1.165) is 16.1 Å². The molecule has 0 bridgehead atoms. The predicted octanol–water partition coefficient (Wildman–Crippen LogP) is 4.11. The molecule has 0 saturated heterocycles. The number of hydrogen-bond donors (Lipinski definition) is 2. The summed E-state index contributed by atoms with van der Waals surface area (Å²) in [7, 11) is 0. The smallest absolute Gasteiger partial charge is 0.338 e. The van der Waals surface area contributed by atoms with E-state index >= 15 is 0 Å². The topological polar surface area (TPSA) is 92.5 Å². The third kappa shape index (κ3) is 3.57. The number of anilines is 2. The van der Waals surface area contributed by atoms with Gasteiger partial charge in [0.25, 0.3) is 5.69 Å². The van der Waals surface area contributed by atoms with Crippen LogP contribution in [0.1, 0.15) is 15.9 Å². The second-order valence-electron chi connectivity index (χ2n) is 4.43. The van der Waals surface area contributed by atoms with Gasteiger partial charge in [0.15, 0.2) is 0 Å². The summed E-state index contributed by atoms with van der Waals surface area (Å²) >= 11 is 3.36. The van der Waals surface area contributed by atoms with Crippen molar-refractivity contribution in [3.63, 3.8) is 0 Å². The van der Waals surface area contributed by atoms with Gasteiger partial charge < -0.3 is 10.4 Å². The number of aromatic carboxylic acids is 1. The Morgan fingerprint density at radius 3 is 2.57 bits per heavy atom. The summed E-state index contributed by atoms with van der Waals surface area (Å²) in [6.45, 7) is 1.91. The quantitative estimate of drug-likeness (QED) is 0.639. The molecule has 0 saturated carbocycles. The number of carboxylic acids is 1. The molecule has 0 aliphatic heterocycles. The van der Waals surface area contributed by atoms with Gasteiger partial charge in [-0.2, -0.15) is 0 Å². The molecule has 108 valence electrons. The van der Waals surface area contributed by atoms with Crippen molar-refractivity contribution in [2.24, 2.45) is 0 Å². The first-order valence-corrected chi connectivity index (χ1v) is 6.72. The molecule has 0 aliphatic rings. The minimum Gasteiger partial charge on any atom is -0.478 e. The van der Waals surface area contributed by atoms with Gasteiger partial charge in [-0.3, -0.25) is 10.1 Å². The Hall–Kier alpha value is -2.41. The first kappa shape index (κ1) is 15.0. The summed E-state index contributed by atoms with van der Waals surface area (Å²) in [6.07, 6.45) is 0. The van der Waals surface area contributed by atoms with E-state index in [2.05, 4.69) is 21.2 Å². The lowest BCUT2D eigenvalue weighted by Gasteiger charge is -2.10. The van der Waals surface area contributed by atoms with Crippen LogP contribution in [0.5, 0.6) is 0 Å². The molecule has 6 nitrogen and oxygen atoms in total.